The first-order valence-electron chi connectivity index (χ1n) is 5.07. The van der Waals surface area contributed by atoms with Gasteiger partial charge in [-0.2, -0.15) is 0 Å². The zero-order chi connectivity index (χ0) is 13.2. The normalized spacial score (nSPS) is 10.4. The minimum absolute atomic E-state index is 0.0490. The SMILES string of the molecule is CCc1c(Cl)c(O)c(O)c(C(=O)OCl)c1CC. The number of hydrogen-bond donors (Lipinski definition) is 2. The maximum absolute atomic E-state index is 11.5. The molecule has 94 valence electrons. The van der Waals surface area contributed by atoms with Crippen LogP contribution < -0.4 is 0 Å². The quantitative estimate of drug-likeness (QED) is 0.834. The van der Waals surface area contributed by atoms with E-state index >= 15 is 0 Å². The molecule has 0 saturated carbocycles. The Bertz CT molecular complexity index is 458. The molecule has 2 N–H and O–H groups in total. The van der Waals surface area contributed by atoms with Crippen LogP contribution in [0.2, 0.25) is 5.02 Å². The number of rotatable bonds is 3. The van der Waals surface area contributed by atoms with Crippen LogP contribution in [-0.2, 0) is 17.1 Å². The van der Waals surface area contributed by atoms with Crippen LogP contribution in [0.15, 0.2) is 0 Å². The molecule has 0 atom stereocenters. The minimum Gasteiger partial charge on any atom is -0.504 e. The second kappa shape index (κ2) is 5.47. The fourth-order valence-electron chi connectivity index (χ4n) is 1.81. The number of hydrogen-bond acceptors (Lipinski definition) is 4. The number of carbonyl (C=O) groups excluding carboxylic acids is 1. The molecule has 1 aromatic carbocycles. The van der Waals surface area contributed by atoms with Crippen molar-refractivity contribution in [1.82, 2.24) is 0 Å². The molecule has 0 saturated heterocycles. The molecule has 0 fully saturated rings. The number of phenolic OH excluding ortho intramolecular Hbond substituents is 2. The average Bonchev–Trinajstić information content (AvgIpc) is 2.34. The van der Waals surface area contributed by atoms with Crippen LogP contribution in [0.5, 0.6) is 11.5 Å². The lowest BCUT2D eigenvalue weighted by Gasteiger charge is -2.15. The number of aromatic hydroxyl groups is 2. The first-order valence-corrected chi connectivity index (χ1v) is 5.76. The van der Waals surface area contributed by atoms with E-state index in [-0.39, 0.29) is 10.6 Å². The van der Waals surface area contributed by atoms with Crippen molar-refractivity contribution in [2.45, 2.75) is 26.7 Å². The van der Waals surface area contributed by atoms with Gasteiger partial charge in [-0.15, -0.1) is 0 Å². The predicted molar refractivity (Wildman–Crippen MR) is 64.8 cm³/mol. The van der Waals surface area contributed by atoms with E-state index in [0.717, 1.165) is 0 Å². The van der Waals surface area contributed by atoms with Crippen LogP contribution in [0.25, 0.3) is 0 Å². The topological polar surface area (TPSA) is 66.8 Å². The summed E-state index contributed by atoms with van der Waals surface area (Å²) in [6.07, 6.45) is 0.969. The molecule has 0 bridgehead atoms. The molecule has 1 rings (SSSR count). The molecule has 0 heterocycles. The van der Waals surface area contributed by atoms with Crippen molar-refractivity contribution in [2.75, 3.05) is 0 Å². The Labute approximate surface area is 109 Å². The van der Waals surface area contributed by atoms with Crippen molar-refractivity contribution in [1.29, 1.82) is 0 Å². The van der Waals surface area contributed by atoms with E-state index in [2.05, 4.69) is 4.29 Å². The van der Waals surface area contributed by atoms with E-state index in [1.165, 1.54) is 0 Å². The van der Waals surface area contributed by atoms with Gasteiger partial charge in [0.2, 0.25) is 0 Å². The van der Waals surface area contributed by atoms with Crippen LogP contribution in [0, 0.1) is 0 Å². The van der Waals surface area contributed by atoms with Gasteiger partial charge < -0.3 is 14.5 Å². The third kappa shape index (κ3) is 2.28. The standard InChI is InChI=1S/C11H12Cl2O4/c1-3-5-6(4-2)8(12)10(15)9(14)7(5)11(16)17-13/h14-15H,3-4H2,1-2H3. The van der Waals surface area contributed by atoms with Crippen LogP contribution in [0.4, 0.5) is 0 Å². The van der Waals surface area contributed by atoms with Gasteiger partial charge in [0, 0.05) is 0 Å². The number of phenols is 2. The summed E-state index contributed by atoms with van der Waals surface area (Å²) >= 11 is 10.9. The number of carbonyl (C=O) groups is 1. The van der Waals surface area contributed by atoms with E-state index in [9.17, 15) is 15.0 Å². The van der Waals surface area contributed by atoms with Crippen molar-refractivity contribution in [3.8, 4) is 11.5 Å². The summed E-state index contributed by atoms with van der Waals surface area (Å²) < 4.78 is 4.07. The number of halogens is 2. The van der Waals surface area contributed by atoms with E-state index in [1.54, 1.807) is 6.92 Å². The molecular formula is C11H12Cl2O4. The zero-order valence-corrected chi connectivity index (χ0v) is 10.9. The molecule has 0 aliphatic heterocycles. The van der Waals surface area contributed by atoms with Crippen LogP contribution in [-0.4, -0.2) is 16.2 Å². The Balaban J connectivity index is 3.68. The highest BCUT2D eigenvalue weighted by Gasteiger charge is 2.26. The van der Waals surface area contributed by atoms with Gasteiger partial charge in [-0.05, 0) is 24.0 Å². The third-order valence-corrected chi connectivity index (χ3v) is 3.13. The maximum Gasteiger partial charge on any atom is 0.360 e. The van der Waals surface area contributed by atoms with Crippen LogP contribution in [0.1, 0.15) is 35.3 Å². The summed E-state index contributed by atoms with van der Waals surface area (Å²) in [7, 11) is 0. The van der Waals surface area contributed by atoms with Crippen molar-refractivity contribution in [2.24, 2.45) is 0 Å². The molecule has 0 aromatic heterocycles. The highest BCUT2D eigenvalue weighted by Crippen LogP contribution is 2.42. The predicted octanol–water partition coefficient (Wildman–Crippen LogP) is 3.19. The third-order valence-electron chi connectivity index (χ3n) is 2.58. The first-order chi connectivity index (χ1) is 7.99. The van der Waals surface area contributed by atoms with Gasteiger partial charge in [0.25, 0.3) is 0 Å². The molecule has 0 unspecified atom stereocenters. The van der Waals surface area contributed by atoms with Gasteiger partial charge in [0.05, 0.1) is 5.02 Å². The summed E-state index contributed by atoms with van der Waals surface area (Å²) in [4.78, 5) is 11.5. The Hall–Kier alpha value is -1.13. The molecule has 0 aliphatic carbocycles. The lowest BCUT2D eigenvalue weighted by atomic mass is 9.95. The Morgan fingerprint density at radius 2 is 1.71 bits per heavy atom. The molecule has 4 nitrogen and oxygen atoms in total. The van der Waals surface area contributed by atoms with Gasteiger partial charge >= 0.3 is 5.97 Å². The highest BCUT2D eigenvalue weighted by atomic mass is 35.5. The minimum atomic E-state index is -0.914. The summed E-state index contributed by atoms with van der Waals surface area (Å²) in [6, 6.07) is 0. The lowest BCUT2D eigenvalue weighted by molar-refractivity contribution is 0.0746. The van der Waals surface area contributed by atoms with E-state index in [0.29, 0.717) is 24.0 Å². The Kier molecular flexibility index (Phi) is 4.48. The fraction of sp³-hybridized carbons (Fsp3) is 0.364. The molecule has 6 heteroatoms. The molecule has 0 spiro atoms. The molecule has 17 heavy (non-hydrogen) atoms. The Morgan fingerprint density at radius 1 is 1.18 bits per heavy atom. The molecule has 0 amide bonds. The molecule has 1 aromatic rings. The second-order valence-corrected chi connectivity index (χ2v) is 3.95. The van der Waals surface area contributed by atoms with Gasteiger partial charge in [0.15, 0.2) is 11.5 Å². The monoisotopic (exact) mass is 278 g/mol. The van der Waals surface area contributed by atoms with Crippen LogP contribution in [0.3, 0.4) is 0 Å². The zero-order valence-electron chi connectivity index (χ0n) is 9.38. The van der Waals surface area contributed by atoms with E-state index < -0.39 is 17.5 Å². The Morgan fingerprint density at radius 3 is 2.12 bits per heavy atom. The largest absolute Gasteiger partial charge is 0.504 e. The van der Waals surface area contributed by atoms with Gasteiger partial charge in [-0.25, -0.2) is 4.79 Å². The first kappa shape index (κ1) is 13.9. The van der Waals surface area contributed by atoms with Gasteiger partial charge in [0.1, 0.15) is 17.4 Å². The number of benzene rings is 1. The molecule has 0 radical (unpaired) electrons. The second-order valence-electron chi connectivity index (χ2n) is 3.42. The van der Waals surface area contributed by atoms with Crippen molar-refractivity contribution in [3.05, 3.63) is 21.7 Å². The lowest BCUT2D eigenvalue weighted by Crippen LogP contribution is -2.07. The van der Waals surface area contributed by atoms with Crippen LogP contribution >= 0.6 is 23.5 Å². The average molecular weight is 279 g/mol. The maximum atomic E-state index is 11.5. The summed E-state index contributed by atoms with van der Waals surface area (Å²) in [5.74, 6) is -2.05. The molecule has 0 aliphatic rings. The van der Waals surface area contributed by atoms with Crippen molar-refractivity contribution in [3.63, 3.8) is 0 Å². The molecular weight excluding hydrogens is 267 g/mol. The summed E-state index contributed by atoms with van der Waals surface area (Å²) in [6.45, 7) is 3.62. The van der Waals surface area contributed by atoms with Gasteiger partial charge in [-0.3, -0.25) is 0 Å². The van der Waals surface area contributed by atoms with Gasteiger partial charge in [-0.1, -0.05) is 25.4 Å². The van der Waals surface area contributed by atoms with Crippen molar-refractivity contribution >= 4 is 29.4 Å². The fourth-order valence-corrected chi connectivity index (χ4v) is 2.22. The van der Waals surface area contributed by atoms with E-state index in [4.69, 9.17) is 23.5 Å². The highest BCUT2D eigenvalue weighted by molar-refractivity contribution is 6.33. The summed E-state index contributed by atoms with van der Waals surface area (Å²) in [5.41, 5.74) is 0.987. The van der Waals surface area contributed by atoms with Crippen molar-refractivity contribution < 1.29 is 19.3 Å². The van der Waals surface area contributed by atoms with E-state index in [1.807, 2.05) is 6.92 Å². The smallest absolute Gasteiger partial charge is 0.360 e. The summed E-state index contributed by atoms with van der Waals surface area (Å²) in [5, 5.41) is 19.4.